The van der Waals surface area contributed by atoms with E-state index in [2.05, 4.69) is 14.9 Å². The Morgan fingerprint density at radius 2 is 2.14 bits per heavy atom. The third-order valence-corrected chi connectivity index (χ3v) is 4.91. The Hall–Kier alpha value is -3.19. The van der Waals surface area contributed by atoms with Crippen molar-refractivity contribution in [1.29, 1.82) is 5.41 Å². The number of fused-ring (bicyclic) bond motifs is 2. The Labute approximate surface area is 163 Å². The van der Waals surface area contributed by atoms with Gasteiger partial charge in [0.25, 0.3) is 0 Å². The minimum atomic E-state index is -0.227. The Balaban J connectivity index is 1.83. The number of phenolic OH excluding ortho intramolecular Hbond substituents is 1. The number of hydrogen-bond acceptors (Lipinski definition) is 6. The molecule has 2 aromatic heterocycles. The van der Waals surface area contributed by atoms with Crippen molar-refractivity contribution < 1.29 is 9.84 Å². The third-order valence-electron chi connectivity index (χ3n) is 4.91. The fourth-order valence-corrected chi connectivity index (χ4v) is 3.58. The zero-order valence-corrected chi connectivity index (χ0v) is 16.0. The zero-order valence-electron chi connectivity index (χ0n) is 16.0. The number of aromatic nitrogens is 3. The second-order valence-electron chi connectivity index (χ2n) is 7.21. The molecule has 0 saturated carbocycles. The lowest BCUT2D eigenvalue weighted by Gasteiger charge is -2.28. The van der Waals surface area contributed by atoms with Crippen LogP contribution in [-0.4, -0.2) is 45.2 Å². The van der Waals surface area contributed by atoms with E-state index in [9.17, 15) is 5.11 Å². The van der Waals surface area contributed by atoms with E-state index in [-0.39, 0.29) is 11.7 Å². The van der Waals surface area contributed by atoms with Crippen molar-refractivity contribution in [3.8, 4) is 17.4 Å². The van der Waals surface area contributed by atoms with Crippen LogP contribution in [-0.2, 0) is 6.54 Å². The fourth-order valence-electron chi connectivity index (χ4n) is 3.58. The minimum Gasteiger partial charge on any atom is -0.508 e. The van der Waals surface area contributed by atoms with Gasteiger partial charge >= 0.3 is 0 Å². The monoisotopic (exact) mass is 377 g/mol. The van der Waals surface area contributed by atoms with Gasteiger partial charge in [0.2, 0.25) is 5.88 Å². The maximum Gasteiger partial charge on any atom is 0.228 e. The van der Waals surface area contributed by atoms with Crippen molar-refractivity contribution in [1.82, 2.24) is 19.4 Å². The number of nitrogens with zero attached hydrogens (tertiary/aromatic N) is 4. The summed E-state index contributed by atoms with van der Waals surface area (Å²) in [4.78, 5) is 10.9. The lowest BCUT2D eigenvalue weighted by Crippen LogP contribution is -2.30. The molecule has 0 amide bonds. The molecule has 4 rings (SSSR count). The lowest BCUT2D eigenvalue weighted by atomic mass is 9.84. The first-order chi connectivity index (χ1) is 13.5. The van der Waals surface area contributed by atoms with E-state index in [0.717, 1.165) is 29.7 Å². The molecule has 7 nitrogen and oxygen atoms in total. The maximum absolute atomic E-state index is 9.88. The molecule has 1 unspecified atom stereocenters. The molecule has 1 atom stereocenters. The average Bonchev–Trinajstić information content (AvgIpc) is 2.68. The summed E-state index contributed by atoms with van der Waals surface area (Å²) >= 11 is 0. The molecule has 7 heteroatoms. The summed E-state index contributed by atoms with van der Waals surface area (Å²) in [5.41, 5.74) is 2.95. The summed E-state index contributed by atoms with van der Waals surface area (Å²) < 4.78 is 7.82. The molecule has 0 fully saturated rings. The van der Waals surface area contributed by atoms with E-state index in [1.807, 2.05) is 36.9 Å². The summed E-state index contributed by atoms with van der Waals surface area (Å²) in [5, 5.41) is 18.7. The predicted molar refractivity (Wildman–Crippen MR) is 105 cm³/mol. The minimum absolute atomic E-state index is 0.132. The zero-order chi connectivity index (χ0) is 19.7. The molecule has 3 aromatic rings. The van der Waals surface area contributed by atoms with Crippen molar-refractivity contribution >= 4 is 0 Å². The molecule has 1 aromatic carbocycles. The van der Waals surface area contributed by atoms with Crippen LogP contribution >= 0.6 is 0 Å². The Kier molecular flexibility index (Phi) is 4.83. The summed E-state index contributed by atoms with van der Waals surface area (Å²) in [7, 11) is 4.08. The van der Waals surface area contributed by atoms with Crippen LogP contribution in [0, 0.1) is 5.41 Å². The molecule has 0 aliphatic carbocycles. The fraction of sp³-hybridized carbons (Fsp3) is 0.286. The SMILES string of the molecule is CN(C)CCCn1cnc2c(c1=N)C(c1cccnc1)c1ccc(O)cc1O2. The number of aryl methyl sites for hydroxylation is 1. The molecule has 0 saturated heterocycles. The first kappa shape index (κ1) is 18.2. The molecule has 2 N–H and O–H groups in total. The number of hydrogen-bond donors (Lipinski definition) is 2. The van der Waals surface area contributed by atoms with Gasteiger partial charge in [-0.15, -0.1) is 0 Å². The van der Waals surface area contributed by atoms with Gasteiger partial charge in [0, 0.05) is 36.5 Å². The Morgan fingerprint density at radius 3 is 2.89 bits per heavy atom. The summed E-state index contributed by atoms with van der Waals surface area (Å²) in [6.07, 6.45) is 6.12. The van der Waals surface area contributed by atoms with Gasteiger partial charge in [-0.25, -0.2) is 4.98 Å². The number of phenols is 1. The largest absolute Gasteiger partial charge is 0.508 e. The van der Waals surface area contributed by atoms with E-state index >= 15 is 0 Å². The van der Waals surface area contributed by atoms with E-state index in [4.69, 9.17) is 10.1 Å². The van der Waals surface area contributed by atoms with Crippen molar-refractivity contribution in [2.45, 2.75) is 18.9 Å². The first-order valence-electron chi connectivity index (χ1n) is 9.24. The predicted octanol–water partition coefficient (Wildman–Crippen LogP) is 2.70. The average molecular weight is 377 g/mol. The number of rotatable bonds is 5. The summed E-state index contributed by atoms with van der Waals surface area (Å²) in [6.45, 7) is 1.65. The molecule has 1 aliphatic rings. The molecule has 1 aliphatic heterocycles. The van der Waals surface area contributed by atoms with E-state index in [0.29, 0.717) is 23.7 Å². The molecular weight excluding hydrogens is 354 g/mol. The molecule has 28 heavy (non-hydrogen) atoms. The summed E-state index contributed by atoms with van der Waals surface area (Å²) in [6, 6.07) is 8.95. The van der Waals surface area contributed by atoms with Crippen LogP contribution in [0.3, 0.4) is 0 Å². The van der Waals surface area contributed by atoms with E-state index < -0.39 is 0 Å². The highest BCUT2D eigenvalue weighted by Crippen LogP contribution is 2.45. The highest BCUT2D eigenvalue weighted by molar-refractivity contribution is 5.56. The van der Waals surface area contributed by atoms with E-state index in [1.54, 1.807) is 30.9 Å². The molecular formula is C21H23N5O2. The lowest BCUT2D eigenvalue weighted by molar-refractivity contribution is 0.378. The normalized spacial score (nSPS) is 15.0. The standard InChI is InChI=1S/C21H23N5O2/c1-25(2)9-4-10-26-13-24-21-19(20(26)22)18(14-5-3-8-23-12-14)16-7-6-15(27)11-17(16)28-21/h3,5-8,11-13,18,22,27H,4,9-10H2,1-2H3. The smallest absolute Gasteiger partial charge is 0.228 e. The van der Waals surface area contributed by atoms with Crippen molar-refractivity contribution in [3.05, 3.63) is 71.2 Å². The van der Waals surface area contributed by atoms with Gasteiger partial charge in [-0.05, 0) is 44.8 Å². The molecule has 0 spiro atoms. The molecule has 0 radical (unpaired) electrons. The number of ether oxygens (including phenoxy) is 1. The number of nitrogens with one attached hydrogen (secondary N) is 1. The van der Waals surface area contributed by atoms with Gasteiger partial charge in [-0.2, -0.15) is 0 Å². The number of aromatic hydroxyl groups is 1. The van der Waals surface area contributed by atoms with Gasteiger partial charge in [0.1, 0.15) is 23.3 Å². The summed E-state index contributed by atoms with van der Waals surface area (Å²) in [5.74, 6) is 0.863. The van der Waals surface area contributed by atoms with Crippen molar-refractivity contribution in [3.63, 3.8) is 0 Å². The van der Waals surface area contributed by atoms with Crippen molar-refractivity contribution in [2.24, 2.45) is 0 Å². The van der Waals surface area contributed by atoms with Gasteiger partial charge in [-0.3, -0.25) is 10.4 Å². The van der Waals surface area contributed by atoms with E-state index in [1.165, 1.54) is 0 Å². The highest BCUT2D eigenvalue weighted by Gasteiger charge is 2.32. The van der Waals surface area contributed by atoms with Crippen LogP contribution in [0.5, 0.6) is 17.4 Å². The van der Waals surface area contributed by atoms with Gasteiger partial charge in [0.15, 0.2) is 0 Å². The third kappa shape index (κ3) is 3.36. The second kappa shape index (κ2) is 7.44. The van der Waals surface area contributed by atoms with Gasteiger partial charge < -0.3 is 19.3 Å². The van der Waals surface area contributed by atoms with Gasteiger partial charge in [0.05, 0.1) is 5.56 Å². The van der Waals surface area contributed by atoms with Crippen LogP contribution in [0.2, 0.25) is 0 Å². The molecule has 3 heterocycles. The first-order valence-corrected chi connectivity index (χ1v) is 9.24. The van der Waals surface area contributed by atoms with Crippen LogP contribution in [0.25, 0.3) is 0 Å². The van der Waals surface area contributed by atoms with Crippen LogP contribution in [0.4, 0.5) is 0 Å². The molecule has 0 bridgehead atoms. The van der Waals surface area contributed by atoms with Crippen LogP contribution in [0.15, 0.2) is 49.1 Å². The number of benzene rings is 1. The topological polar surface area (TPSA) is 87.3 Å². The van der Waals surface area contributed by atoms with Crippen molar-refractivity contribution in [2.75, 3.05) is 20.6 Å². The van der Waals surface area contributed by atoms with Crippen LogP contribution in [0.1, 0.15) is 29.0 Å². The quantitative estimate of drug-likeness (QED) is 0.558. The Bertz CT molecular complexity index is 1050. The second-order valence-corrected chi connectivity index (χ2v) is 7.21. The van der Waals surface area contributed by atoms with Crippen LogP contribution < -0.4 is 10.2 Å². The Morgan fingerprint density at radius 1 is 1.29 bits per heavy atom. The molecule has 144 valence electrons. The maximum atomic E-state index is 9.88. The highest BCUT2D eigenvalue weighted by atomic mass is 16.5. The number of pyridine rings is 1. The van der Waals surface area contributed by atoms with Gasteiger partial charge in [-0.1, -0.05) is 12.1 Å².